The standard InChI is InChI=1S/C21H20F2N4O5S/c1-2-32-21(29)17-7-14(9-24)19(25-18(17)8-22)27-10-15(11-27)20(28)26-33(30,31)12-13-3-5-16(23)6-4-13/h3-7,15H,2,8,10-12H2,1H3,(H,26,28). The lowest BCUT2D eigenvalue weighted by Crippen LogP contribution is -2.55. The minimum absolute atomic E-state index is 0.00181. The molecule has 9 nitrogen and oxygen atoms in total. The highest BCUT2D eigenvalue weighted by Crippen LogP contribution is 2.29. The first kappa shape index (κ1) is 24.1. The van der Waals surface area contributed by atoms with Crippen molar-refractivity contribution in [1.29, 1.82) is 5.26 Å². The van der Waals surface area contributed by atoms with Crippen molar-refractivity contribution in [3.63, 3.8) is 0 Å². The summed E-state index contributed by atoms with van der Waals surface area (Å²) >= 11 is 0. The molecule has 2 heterocycles. The Balaban J connectivity index is 1.67. The Morgan fingerprint density at radius 1 is 1.30 bits per heavy atom. The lowest BCUT2D eigenvalue weighted by Gasteiger charge is -2.39. The van der Waals surface area contributed by atoms with Crippen molar-refractivity contribution < 1.29 is 31.5 Å². The van der Waals surface area contributed by atoms with Gasteiger partial charge in [0.2, 0.25) is 15.9 Å². The highest BCUT2D eigenvalue weighted by Gasteiger charge is 2.37. The number of ether oxygens (including phenoxy) is 1. The zero-order valence-electron chi connectivity index (χ0n) is 17.5. The van der Waals surface area contributed by atoms with Crippen LogP contribution in [0.3, 0.4) is 0 Å². The van der Waals surface area contributed by atoms with Crippen LogP contribution in [0.15, 0.2) is 30.3 Å². The number of halogens is 2. The van der Waals surface area contributed by atoms with E-state index in [2.05, 4.69) is 4.98 Å². The molecule has 33 heavy (non-hydrogen) atoms. The topological polar surface area (TPSA) is 129 Å². The van der Waals surface area contributed by atoms with Crippen molar-refractivity contribution in [1.82, 2.24) is 9.71 Å². The SMILES string of the molecule is CCOC(=O)c1cc(C#N)c(N2CC(C(=O)NS(=O)(=O)Cc3ccc(F)cc3)C2)nc1CF. The molecule has 1 N–H and O–H groups in total. The van der Waals surface area contributed by atoms with Crippen molar-refractivity contribution >= 4 is 27.7 Å². The minimum atomic E-state index is -4.00. The largest absolute Gasteiger partial charge is 0.462 e. The van der Waals surface area contributed by atoms with Gasteiger partial charge in [-0.05, 0) is 30.7 Å². The molecule has 1 saturated heterocycles. The van der Waals surface area contributed by atoms with Crippen LogP contribution >= 0.6 is 0 Å². The van der Waals surface area contributed by atoms with Crippen LogP contribution in [0.2, 0.25) is 0 Å². The molecule has 0 radical (unpaired) electrons. The van der Waals surface area contributed by atoms with Crippen LogP contribution < -0.4 is 9.62 Å². The van der Waals surface area contributed by atoms with Gasteiger partial charge in [-0.2, -0.15) is 5.26 Å². The summed E-state index contributed by atoms with van der Waals surface area (Å²) in [7, 11) is -4.00. The monoisotopic (exact) mass is 478 g/mol. The molecule has 0 bridgehead atoms. The zero-order chi connectivity index (χ0) is 24.2. The van der Waals surface area contributed by atoms with Crippen LogP contribution in [-0.2, 0) is 32.0 Å². The molecule has 0 aliphatic carbocycles. The molecule has 1 aromatic heterocycles. The maximum absolute atomic E-state index is 13.5. The Hall–Kier alpha value is -3.59. The molecule has 12 heteroatoms. The third-order valence-corrected chi connectivity index (χ3v) is 6.13. The van der Waals surface area contributed by atoms with E-state index in [4.69, 9.17) is 4.74 Å². The number of nitriles is 1. The number of nitrogens with zero attached hydrogens (tertiary/aromatic N) is 3. The van der Waals surface area contributed by atoms with E-state index in [1.54, 1.807) is 6.92 Å². The quantitative estimate of drug-likeness (QED) is 0.569. The summed E-state index contributed by atoms with van der Waals surface area (Å²) in [5.74, 6) is -3.15. The molecule has 1 amide bonds. The average Bonchev–Trinajstić information content (AvgIpc) is 2.73. The lowest BCUT2D eigenvalue weighted by molar-refractivity contribution is -0.123. The number of carbonyl (C=O) groups excluding carboxylic acids is 2. The fraction of sp³-hybridized carbons (Fsp3) is 0.333. The van der Waals surface area contributed by atoms with Crippen molar-refractivity contribution in [3.8, 4) is 6.07 Å². The maximum atomic E-state index is 13.5. The molecule has 2 aromatic rings. The molecule has 1 aliphatic heterocycles. The van der Waals surface area contributed by atoms with Gasteiger partial charge in [-0.1, -0.05) is 12.1 Å². The van der Waals surface area contributed by atoms with E-state index in [1.165, 1.54) is 23.1 Å². The highest BCUT2D eigenvalue weighted by molar-refractivity contribution is 7.89. The Morgan fingerprint density at radius 2 is 1.97 bits per heavy atom. The van der Waals surface area contributed by atoms with Gasteiger partial charge in [0.05, 0.1) is 35.1 Å². The van der Waals surface area contributed by atoms with Crippen molar-refractivity contribution in [2.45, 2.75) is 19.4 Å². The summed E-state index contributed by atoms with van der Waals surface area (Å²) in [6.07, 6.45) is 0. The zero-order valence-corrected chi connectivity index (χ0v) is 18.4. The minimum Gasteiger partial charge on any atom is -0.462 e. The number of hydrogen-bond acceptors (Lipinski definition) is 8. The number of alkyl halides is 1. The predicted octanol–water partition coefficient (Wildman–Crippen LogP) is 1.82. The summed E-state index contributed by atoms with van der Waals surface area (Å²) in [4.78, 5) is 30.0. The number of pyridine rings is 1. The van der Waals surface area contributed by atoms with Crippen LogP contribution in [0.1, 0.15) is 34.1 Å². The molecule has 3 rings (SSSR count). The molecule has 1 aliphatic rings. The summed E-state index contributed by atoms with van der Waals surface area (Å²) < 4.78 is 57.8. The Kier molecular flexibility index (Phi) is 7.23. The number of hydrogen-bond donors (Lipinski definition) is 1. The van der Waals surface area contributed by atoms with Crippen LogP contribution in [0.5, 0.6) is 0 Å². The van der Waals surface area contributed by atoms with E-state index in [1.807, 2.05) is 10.8 Å². The molecule has 0 atom stereocenters. The van der Waals surface area contributed by atoms with Crippen LogP contribution in [0, 0.1) is 23.1 Å². The van der Waals surface area contributed by atoms with Gasteiger partial charge in [-0.15, -0.1) is 0 Å². The van der Waals surface area contributed by atoms with Gasteiger partial charge in [0.25, 0.3) is 0 Å². The van der Waals surface area contributed by atoms with Crippen LogP contribution in [0.4, 0.5) is 14.6 Å². The van der Waals surface area contributed by atoms with Gasteiger partial charge in [0.15, 0.2) is 0 Å². The fourth-order valence-electron chi connectivity index (χ4n) is 3.24. The van der Waals surface area contributed by atoms with Gasteiger partial charge < -0.3 is 9.64 Å². The molecule has 0 saturated carbocycles. The molecule has 0 spiro atoms. The van der Waals surface area contributed by atoms with E-state index < -0.39 is 46.1 Å². The Labute approximate surface area is 189 Å². The molecular formula is C21H20F2N4O5S. The molecule has 0 unspecified atom stereocenters. The summed E-state index contributed by atoms with van der Waals surface area (Å²) in [5.41, 5.74) is -0.0353. The van der Waals surface area contributed by atoms with E-state index in [9.17, 15) is 32.0 Å². The Morgan fingerprint density at radius 3 is 2.55 bits per heavy atom. The summed E-state index contributed by atoms with van der Waals surface area (Å²) in [6, 6.07) is 7.93. The summed E-state index contributed by atoms with van der Waals surface area (Å²) in [6.45, 7) is 0.687. The number of rotatable bonds is 8. The number of aromatic nitrogens is 1. The second-order valence-corrected chi connectivity index (χ2v) is 9.00. The van der Waals surface area contributed by atoms with Gasteiger partial charge in [-0.3, -0.25) is 9.52 Å². The molecule has 174 valence electrons. The average molecular weight is 478 g/mol. The number of anilines is 1. The first-order chi connectivity index (χ1) is 15.7. The van der Waals surface area contributed by atoms with E-state index in [-0.39, 0.29) is 42.3 Å². The third kappa shape index (κ3) is 5.61. The number of esters is 1. The maximum Gasteiger partial charge on any atom is 0.340 e. The van der Waals surface area contributed by atoms with E-state index in [0.717, 1.165) is 12.1 Å². The van der Waals surface area contributed by atoms with E-state index in [0.29, 0.717) is 5.56 Å². The van der Waals surface area contributed by atoms with Gasteiger partial charge >= 0.3 is 5.97 Å². The predicted molar refractivity (Wildman–Crippen MR) is 113 cm³/mol. The van der Waals surface area contributed by atoms with Crippen LogP contribution in [0.25, 0.3) is 0 Å². The number of amides is 1. The molecule has 1 fully saturated rings. The van der Waals surface area contributed by atoms with Crippen LogP contribution in [-0.4, -0.2) is 45.0 Å². The van der Waals surface area contributed by atoms with Gasteiger partial charge in [0.1, 0.15) is 24.4 Å². The first-order valence-corrected chi connectivity index (χ1v) is 11.5. The third-order valence-electron chi connectivity index (χ3n) is 4.90. The van der Waals surface area contributed by atoms with Gasteiger partial charge in [0, 0.05) is 13.1 Å². The lowest BCUT2D eigenvalue weighted by atomic mass is 9.98. The Bertz CT molecular complexity index is 1210. The number of sulfonamides is 1. The van der Waals surface area contributed by atoms with Crippen molar-refractivity contribution in [2.75, 3.05) is 24.6 Å². The highest BCUT2D eigenvalue weighted by atomic mass is 32.2. The second-order valence-electron chi connectivity index (χ2n) is 7.27. The normalized spacial score (nSPS) is 13.7. The molecular weight excluding hydrogens is 458 g/mol. The van der Waals surface area contributed by atoms with Crippen molar-refractivity contribution in [2.24, 2.45) is 5.92 Å². The number of carbonyl (C=O) groups is 2. The van der Waals surface area contributed by atoms with Gasteiger partial charge in [-0.25, -0.2) is 27.0 Å². The van der Waals surface area contributed by atoms with E-state index >= 15 is 0 Å². The van der Waals surface area contributed by atoms with Crippen molar-refractivity contribution in [3.05, 3.63) is 58.5 Å². The second kappa shape index (κ2) is 9.91. The smallest absolute Gasteiger partial charge is 0.340 e. The first-order valence-electron chi connectivity index (χ1n) is 9.88. The number of nitrogens with one attached hydrogen (secondary N) is 1. The summed E-state index contributed by atoms with van der Waals surface area (Å²) in [5, 5.41) is 9.43. The molecule has 1 aromatic carbocycles. The fourth-order valence-corrected chi connectivity index (χ4v) is 4.42. The number of benzene rings is 1.